The summed E-state index contributed by atoms with van der Waals surface area (Å²) >= 11 is 0. The fraction of sp³-hybridized carbons (Fsp3) is 0.364. The minimum Gasteiger partial charge on any atom is -0.381 e. The molecule has 4 heteroatoms. The van der Waals surface area contributed by atoms with Gasteiger partial charge in [-0.2, -0.15) is 0 Å². The maximum absolute atomic E-state index is 12.5. The number of carbonyl (C=O) groups excluding carboxylic acids is 1. The first-order valence-corrected chi connectivity index (χ1v) is 9.36. The van der Waals surface area contributed by atoms with Crippen LogP contribution < -0.4 is 5.32 Å². The summed E-state index contributed by atoms with van der Waals surface area (Å²) in [4.78, 5) is 18.6. The van der Waals surface area contributed by atoms with Gasteiger partial charge in [0.2, 0.25) is 5.91 Å². The summed E-state index contributed by atoms with van der Waals surface area (Å²) in [5.41, 5.74) is 3.27. The average molecular weight is 349 g/mol. The van der Waals surface area contributed by atoms with Gasteiger partial charge in [0.15, 0.2) is 0 Å². The molecule has 26 heavy (non-hydrogen) atoms. The Labute approximate surface area is 155 Å². The van der Waals surface area contributed by atoms with E-state index in [0.717, 1.165) is 37.3 Å². The minimum absolute atomic E-state index is 0.0531. The van der Waals surface area contributed by atoms with Crippen LogP contribution in [0.4, 0.5) is 5.69 Å². The van der Waals surface area contributed by atoms with Crippen molar-refractivity contribution in [2.24, 2.45) is 0 Å². The van der Waals surface area contributed by atoms with Gasteiger partial charge in [0.05, 0.1) is 5.69 Å². The van der Waals surface area contributed by atoms with Crippen LogP contribution in [0.2, 0.25) is 0 Å². The van der Waals surface area contributed by atoms with Gasteiger partial charge in [0.25, 0.3) is 0 Å². The third kappa shape index (κ3) is 4.94. The van der Waals surface area contributed by atoms with E-state index in [2.05, 4.69) is 48.4 Å². The highest BCUT2D eigenvalue weighted by Gasteiger charge is 2.22. The van der Waals surface area contributed by atoms with Gasteiger partial charge in [-0.3, -0.25) is 9.78 Å². The zero-order valence-electron chi connectivity index (χ0n) is 15.6. The van der Waals surface area contributed by atoms with Gasteiger partial charge >= 0.3 is 0 Å². The minimum atomic E-state index is 0.0531. The highest BCUT2D eigenvalue weighted by molar-refractivity contribution is 5.91. The number of anilines is 1. The van der Waals surface area contributed by atoms with Crippen LogP contribution in [0, 0.1) is 0 Å². The molecule has 0 unspecified atom stereocenters. The van der Waals surface area contributed by atoms with Gasteiger partial charge in [0, 0.05) is 37.1 Å². The van der Waals surface area contributed by atoms with Crippen molar-refractivity contribution in [1.82, 2.24) is 9.88 Å². The number of benzene rings is 1. The number of likely N-dealkylation sites (tertiary alicyclic amines) is 1. The molecule has 2 heterocycles. The Morgan fingerprint density at radius 1 is 1.23 bits per heavy atom. The molecule has 1 amide bonds. The van der Waals surface area contributed by atoms with Crippen LogP contribution in [0.5, 0.6) is 0 Å². The normalized spacial score (nSPS) is 17.7. The molecular weight excluding hydrogens is 322 g/mol. The zero-order chi connectivity index (χ0) is 18.4. The second-order valence-corrected chi connectivity index (χ2v) is 7.13. The summed E-state index contributed by atoms with van der Waals surface area (Å²) in [5.74, 6) is 0.593. The summed E-state index contributed by atoms with van der Waals surface area (Å²) < 4.78 is 0. The average Bonchev–Trinajstić information content (AvgIpc) is 2.67. The molecule has 136 valence electrons. The first kappa shape index (κ1) is 18.2. The number of amides is 1. The summed E-state index contributed by atoms with van der Waals surface area (Å²) in [6, 6.07) is 14.6. The smallest absolute Gasteiger partial charge is 0.246 e. The van der Waals surface area contributed by atoms with Crippen LogP contribution in [0.3, 0.4) is 0 Å². The molecule has 1 aliphatic rings. The summed E-state index contributed by atoms with van der Waals surface area (Å²) in [6.45, 7) is 5.95. The standard InChI is InChI=1S/C22H27N3O/c1-17(2)18-8-10-20(11-9-18)24-21-7-5-15-25(16-21)22(26)13-12-19-6-3-4-14-23-19/h3-4,6,8-14,17,21,24H,5,7,15-16H2,1-2H3/b13-12+/t21-/m1/s1. The molecule has 2 aromatic rings. The zero-order valence-corrected chi connectivity index (χ0v) is 15.6. The SMILES string of the molecule is CC(C)c1ccc(N[C@@H]2CCCN(C(=O)/C=C/c3ccccn3)C2)cc1. The molecular formula is C22H27N3O. The number of pyridine rings is 1. The summed E-state index contributed by atoms with van der Waals surface area (Å²) in [7, 11) is 0. The van der Waals surface area contributed by atoms with Crippen molar-refractivity contribution in [3.63, 3.8) is 0 Å². The van der Waals surface area contributed by atoms with Gasteiger partial charge in [-0.1, -0.05) is 32.0 Å². The molecule has 1 atom stereocenters. The third-order valence-corrected chi connectivity index (χ3v) is 4.77. The van der Waals surface area contributed by atoms with Gasteiger partial charge < -0.3 is 10.2 Å². The molecule has 1 N–H and O–H groups in total. The number of nitrogens with zero attached hydrogens (tertiary/aromatic N) is 2. The molecule has 1 aromatic carbocycles. The Hall–Kier alpha value is -2.62. The number of carbonyl (C=O) groups is 1. The molecule has 0 aliphatic carbocycles. The maximum Gasteiger partial charge on any atom is 0.246 e. The van der Waals surface area contributed by atoms with Crippen molar-refractivity contribution in [2.75, 3.05) is 18.4 Å². The van der Waals surface area contributed by atoms with E-state index in [4.69, 9.17) is 0 Å². The Morgan fingerprint density at radius 3 is 2.73 bits per heavy atom. The number of piperidine rings is 1. The van der Waals surface area contributed by atoms with E-state index in [1.807, 2.05) is 23.1 Å². The second-order valence-electron chi connectivity index (χ2n) is 7.13. The van der Waals surface area contributed by atoms with Gasteiger partial charge in [-0.15, -0.1) is 0 Å². The lowest BCUT2D eigenvalue weighted by atomic mass is 10.0. The monoisotopic (exact) mass is 349 g/mol. The summed E-state index contributed by atoms with van der Waals surface area (Å²) in [6.07, 6.45) is 7.24. The van der Waals surface area contributed by atoms with Crippen LogP contribution in [0.25, 0.3) is 6.08 Å². The first-order valence-electron chi connectivity index (χ1n) is 9.36. The Balaban J connectivity index is 1.56. The predicted octanol–water partition coefficient (Wildman–Crippen LogP) is 4.32. The van der Waals surface area contributed by atoms with Crippen molar-refractivity contribution in [3.05, 3.63) is 66.0 Å². The van der Waals surface area contributed by atoms with E-state index in [0.29, 0.717) is 12.0 Å². The third-order valence-electron chi connectivity index (χ3n) is 4.77. The number of hydrogen-bond acceptors (Lipinski definition) is 3. The lowest BCUT2D eigenvalue weighted by Crippen LogP contribution is -2.44. The summed E-state index contributed by atoms with van der Waals surface area (Å²) in [5, 5.41) is 3.58. The van der Waals surface area contributed by atoms with Crippen LogP contribution in [0.15, 0.2) is 54.7 Å². The molecule has 1 fully saturated rings. The van der Waals surface area contributed by atoms with E-state index >= 15 is 0 Å². The topological polar surface area (TPSA) is 45.2 Å². The van der Waals surface area contributed by atoms with Crippen molar-refractivity contribution in [1.29, 1.82) is 0 Å². The Kier molecular flexibility index (Phi) is 6.05. The van der Waals surface area contributed by atoms with Gasteiger partial charge in [0.1, 0.15) is 0 Å². The molecule has 1 aliphatic heterocycles. The molecule has 0 radical (unpaired) electrons. The largest absolute Gasteiger partial charge is 0.381 e. The highest BCUT2D eigenvalue weighted by Crippen LogP contribution is 2.20. The predicted molar refractivity (Wildman–Crippen MR) is 107 cm³/mol. The lowest BCUT2D eigenvalue weighted by molar-refractivity contribution is -0.126. The number of rotatable bonds is 5. The highest BCUT2D eigenvalue weighted by atomic mass is 16.2. The van der Waals surface area contributed by atoms with Crippen molar-refractivity contribution < 1.29 is 4.79 Å². The molecule has 3 rings (SSSR count). The molecule has 0 spiro atoms. The fourth-order valence-corrected chi connectivity index (χ4v) is 3.23. The number of nitrogens with one attached hydrogen (secondary N) is 1. The first-order chi connectivity index (χ1) is 12.6. The Morgan fingerprint density at radius 2 is 2.04 bits per heavy atom. The van der Waals surface area contributed by atoms with E-state index in [9.17, 15) is 4.79 Å². The van der Waals surface area contributed by atoms with Crippen LogP contribution in [0.1, 0.15) is 43.9 Å². The van der Waals surface area contributed by atoms with E-state index < -0.39 is 0 Å². The van der Waals surface area contributed by atoms with Crippen LogP contribution >= 0.6 is 0 Å². The Bertz CT molecular complexity index is 738. The van der Waals surface area contributed by atoms with E-state index in [1.165, 1.54) is 5.56 Å². The molecule has 1 aromatic heterocycles. The fourth-order valence-electron chi connectivity index (χ4n) is 3.23. The molecule has 1 saturated heterocycles. The van der Waals surface area contributed by atoms with Gasteiger partial charge in [-0.25, -0.2) is 0 Å². The number of hydrogen-bond donors (Lipinski definition) is 1. The second kappa shape index (κ2) is 8.65. The van der Waals surface area contributed by atoms with Crippen LogP contribution in [-0.4, -0.2) is 34.9 Å². The van der Waals surface area contributed by atoms with E-state index in [-0.39, 0.29) is 5.91 Å². The van der Waals surface area contributed by atoms with Crippen molar-refractivity contribution >= 4 is 17.7 Å². The molecule has 0 saturated carbocycles. The van der Waals surface area contributed by atoms with Gasteiger partial charge in [-0.05, 0) is 54.7 Å². The van der Waals surface area contributed by atoms with Crippen molar-refractivity contribution in [3.8, 4) is 0 Å². The number of aromatic nitrogens is 1. The lowest BCUT2D eigenvalue weighted by Gasteiger charge is -2.33. The van der Waals surface area contributed by atoms with Crippen LogP contribution in [-0.2, 0) is 4.79 Å². The van der Waals surface area contributed by atoms with E-state index in [1.54, 1.807) is 18.3 Å². The maximum atomic E-state index is 12.5. The van der Waals surface area contributed by atoms with Crippen molar-refractivity contribution in [2.45, 2.75) is 38.6 Å². The quantitative estimate of drug-likeness (QED) is 0.818. The molecule has 0 bridgehead atoms. The molecule has 4 nitrogen and oxygen atoms in total.